The summed E-state index contributed by atoms with van der Waals surface area (Å²) in [6, 6.07) is 6.84. The van der Waals surface area contributed by atoms with Crippen molar-refractivity contribution in [2.75, 3.05) is 6.54 Å². The molecule has 0 saturated carbocycles. The fourth-order valence-corrected chi connectivity index (χ4v) is 4.62. The van der Waals surface area contributed by atoms with Crippen LogP contribution < -0.4 is 5.32 Å². The van der Waals surface area contributed by atoms with E-state index in [0.717, 1.165) is 13.1 Å². The summed E-state index contributed by atoms with van der Waals surface area (Å²) in [6.45, 7) is 13.7. The Morgan fingerprint density at radius 3 is 1.97 bits per heavy atom. The number of aliphatic carboxylic acids is 3. The Bertz CT molecular complexity index is 795. The summed E-state index contributed by atoms with van der Waals surface area (Å²) in [5.74, 6) is -5.02. The smallest absolute Gasteiger partial charge is 0.336 e. The molecule has 1 saturated heterocycles. The zero-order valence-electron chi connectivity index (χ0n) is 20.7. The molecule has 34 heavy (non-hydrogen) atoms. The van der Waals surface area contributed by atoms with Gasteiger partial charge in [-0.2, -0.15) is 0 Å². The van der Waals surface area contributed by atoms with Crippen LogP contribution in [0.3, 0.4) is 0 Å². The van der Waals surface area contributed by atoms with E-state index in [1.54, 1.807) is 0 Å². The second-order valence-electron chi connectivity index (χ2n) is 10.2. The molecule has 0 aliphatic carbocycles. The lowest BCUT2D eigenvalue weighted by atomic mass is 9.79. The summed E-state index contributed by atoms with van der Waals surface area (Å²) in [4.78, 5) is 37.6. The molecule has 1 fully saturated rings. The molecule has 5 N–H and O–H groups in total. The van der Waals surface area contributed by atoms with E-state index >= 15 is 0 Å². The molecule has 0 amide bonds. The van der Waals surface area contributed by atoms with E-state index in [9.17, 15) is 14.4 Å². The molecule has 1 aliphatic heterocycles. The number of aliphatic hydroxyl groups is 1. The number of carboxylic acids is 3. The predicted octanol–water partition coefficient (Wildman–Crippen LogP) is 2.35. The quantitative estimate of drug-likeness (QED) is 0.335. The van der Waals surface area contributed by atoms with Gasteiger partial charge in [-0.15, -0.1) is 0 Å². The number of carboxylic acid groups (broad SMARTS) is 3. The first-order valence-corrected chi connectivity index (χ1v) is 11.4. The van der Waals surface area contributed by atoms with Crippen molar-refractivity contribution in [2.24, 2.45) is 0 Å². The molecule has 0 bridgehead atoms. The van der Waals surface area contributed by atoms with Crippen LogP contribution >= 0.6 is 0 Å². The molecule has 0 spiro atoms. The third-order valence-electron chi connectivity index (χ3n) is 5.57. The van der Waals surface area contributed by atoms with Crippen LogP contribution in [0.1, 0.15) is 72.4 Å². The third kappa shape index (κ3) is 10.1. The van der Waals surface area contributed by atoms with Crippen LogP contribution in [0.5, 0.6) is 0 Å². The van der Waals surface area contributed by atoms with Crippen LogP contribution in [0.25, 0.3) is 0 Å². The Kier molecular flexibility index (Phi) is 10.6. The van der Waals surface area contributed by atoms with Crippen molar-refractivity contribution in [2.45, 2.75) is 96.0 Å². The van der Waals surface area contributed by atoms with Crippen LogP contribution in [0.4, 0.5) is 0 Å². The van der Waals surface area contributed by atoms with Crippen molar-refractivity contribution < 1.29 is 34.8 Å². The maximum atomic E-state index is 10.3. The van der Waals surface area contributed by atoms with Crippen molar-refractivity contribution in [3.05, 3.63) is 30.1 Å². The van der Waals surface area contributed by atoms with E-state index in [4.69, 9.17) is 20.4 Å². The van der Waals surface area contributed by atoms with Gasteiger partial charge >= 0.3 is 17.9 Å². The van der Waals surface area contributed by atoms with Crippen LogP contribution in [0, 0.1) is 0 Å². The lowest BCUT2D eigenvalue weighted by Gasteiger charge is -2.49. The number of nitrogens with zero attached hydrogens (tertiary/aromatic N) is 2. The lowest BCUT2D eigenvalue weighted by molar-refractivity contribution is -0.170. The number of nitrogens with one attached hydrogen (secondary N) is 1. The number of aromatic nitrogens is 1. The van der Waals surface area contributed by atoms with Crippen molar-refractivity contribution >= 4 is 17.9 Å². The minimum absolute atomic E-state index is 0.197. The summed E-state index contributed by atoms with van der Waals surface area (Å²) in [5.41, 5.74) is -1.16. The number of rotatable bonds is 10. The second kappa shape index (κ2) is 12.2. The summed E-state index contributed by atoms with van der Waals surface area (Å²) in [6.07, 6.45) is 3.20. The molecule has 1 aromatic heterocycles. The SMILES string of the molecule is CCCN(Cc1ccccn1)C1CC(C)(C)NC(C)(C)C1.O=C(O)CC(O)(CC(=O)O)C(=O)O. The fourth-order valence-electron chi connectivity index (χ4n) is 4.62. The zero-order chi connectivity index (χ0) is 26.2. The van der Waals surface area contributed by atoms with Crippen LogP contribution in [-0.2, 0) is 20.9 Å². The van der Waals surface area contributed by atoms with E-state index in [1.165, 1.54) is 25.0 Å². The second-order valence-corrected chi connectivity index (χ2v) is 10.2. The fraction of sp³-hybridized carbons (Fsp3) is 0.667. The van der Waals surface area contributed by atoms with E-state index in [1.807, 2.05) is 12.3 Å². The monoisotopic (exact) mass is 481 g/mol. The van der Waals surface area contributed by atoms with Gasteiger partial charge in [-0.25, -0.2) is 4.79 Å². The zero-order valence-corrected chi connectivity index (χ0v) is 20.7. The van der Waals surface area contributed by atoms with Crippen LogP contribution in [-0.4, -0.2) is 77.5 Å². The largest absolute Gasteiger partial charge is 0.481 e. The van der Waals surface area contributed by atoms with Crippen LogP contribution in [0.15, 0.2) is 24.4 Å². The van der Waals surface area contributed by atoms with Gasteiger partial charge in [0, 0.05) is 29.9 Å². The van der Waals surface area contributed by atoms with Gasteiger partial charge in [0.05, 0.1) is 18.5 Å². The van der Waals surface area contributed by atoms with Crippen LogP contribution in [0.2, 0.25) is 0 Å². The number of pyridine rings is 1. The molecular weight excluding hydrogens is 442 g/mol. The van der Waals surface area contributed by atoms with Crippen molar-refractivity contribution in [3.63, 3.8) is 0 Å². The highest BCUT2D eigenvalue weighted by Gasteiger charge is 2.41. The normalized spacial score (nSPS) is 17.5. The summed E-state index contributed by atoms with van der Waals surface area (Å²) < 4.78 is 0. The van der Waals surface area contributed by atoms with Gasteiger partial charge in [0.15, 0.2) is 5.60 Å². The van der Waals surface area contributed by atoms with Gasteiger partial charge in [-0.3, -0.25) is 19.5 Å². The Balaban J connectivity index is 0.000000385. The molecule has 192 valence electrons. The molecule has 0 aromatic carbocycles. The maximum Gasteiger partial charge on any atom is 0.336 e. The summed E-state index contributed by atoms with van der Waals surface area (Å²) in [7, 11) is 0. The average molecular weight is 482 g/mol. The van der Waals surface area contributed by atoms with Gasteiger partial charge < -0.3 is 25.7 Å². The van der Waals surface area contributed by atoms with E-state index in [2.05, 4.69) is 62.0 Å². The van der Waals surface area contributed by atoms with Crippen molar-refractivity contribution in [3.8, 4) is 0 Å². The molecule has 2 heterocycles. The molecule has 1 aromatic rings. The van der Waals surface area contributed by atoms with E-state index in [0.29, 0.717) is 6.04 Å². The topological polar surface area (TPSA) is 160 Å². The number of carbonyl (C=O) groups is 3. The van der Waals surface area contributed by atoms with Gasteiger partial charge in [0.2, 0.25) is 0 Å². The molecule has 0 radical (unpaired) electrons. The van der Waals surface area contributed by atoms with E-state index in [-0.39, 0.29) is 11.1 Å². The standard InChI is InChI=1S/C18H31N3.C6H8O7/c1-6-11-21(14-15-9-7-8-10-19-15)16-12-17(2,3)20-18(4,5)13-16;7-3(8)1-6(13,5(11)12)2-4(9)10/h7-10,16,20H,6,11-14H2,1-5H3;13H,1-2H2,(H,7,8)(H,9,10)(H,11,12). The molecule has 0 atom stereocenters. The van der Waals surface area contributed by atoms with Crippen molar-refractivity contribution in [1.29, 1.82) is 0 Å². The highest BCUT2D eigenvalue weighted by Crippen LogP contribution is 2.32. The molecule has 1 aliphatic rings. The maximum absolute atomic E-state index is 10.3. The molecule has 2 rings (SSSR count). The van der Waals surface area contributed by atoms with Crippen molar-refractivity contribution in [1.82, 2.24) is 15.2 Å². The lowest BCUT2D eigenvalue weighted by Crippen LogP contribution is -2.62. The average Bonchev–Trinajstić information content (AvgIpc) is 2.65. The molecule has 10 nitrogen and oxygen atoms in total. The number of piperidine rings is 1. The molecular formula is C24H39N3O7. The Labute approximate surface area is 201 Å². The summed E-state index contributed by atoms with van der Waals surface area (Å²) >= 11 is 0. The predicted molar refractivity (Wildman–Crippen MR) is 126 cm³/mol. The first kappa shape index (κ1) is 29.5. The van der Waals surface area contributed by atoms with Gasteiger partial charge in [-0.05, 0) is 65.6 Å². The van der Waals surface area contributed by atoms with Gasteiger partial charge in [-0.1, -0.05) is 13.0 Å². The Morgan fingerprint density at radius 1 is 1.06 bits per heavy atom. The third-order valence-corrected chi connectivity index (χ3v) is 5.57. The highest BCUT2D eigenvalue weighted by molar-refractivity contribution is 5.88. The first-order valence-electron chi connectivity index (χ1n) is 11.4. The van der Waals surface area contributed by atoms with E-state index < -0.39 is 36.4 Å². The minimum Gasteiger partial charge on any atom is -0.481 e. The Morgan fingerprint density at radius 2 is 1.59 bits per heavy atom. The van der Waals surface area contributed by atoms with Gasteiger partial charge in [0.1, 0.15) is 0 Å². The Hall–Kier alpha value is -2.56. The number of hydrogen-bond donors (Lipinski definition) is 5. The van der Waals surface area contributed by atoms with Gasteiger partial charge in [0.25, 0.3) is 0 Å². The number of hydrogen-bond acceptors (Lipinski definition) is 7. The summed E-state index contributed by atoms with van der Waals surface area (Å²) in [5, 5.41) is 37.6. The minimum atomic E-state index is -2.74. The molecule has 10 heteroatoms. The first-order chi connectivity index (χ1) is 15.6. The molecule has 0 unspecified atom stereocenters. The highest BCUT2D eigenvalue weighted by atomic mass is 16.4.